The Morgan fingerprint density at radius 1 is 1.03 bits per heavy atom. The molecule has 31 heavy (non-hydrogen) atoms. The largest absolute Gasteiger partial charge is 0.407 e. The standard InChI is InChI=1S/C25H25N3O3/c1-15-5-3-4-6-21(15)28-25(31-16(2)29)22(23(27-28)18-7-8-18)17-11-13-20(14-12-17)26-24(30)19-9-10-19/h3-6,11-14,18-19H,7-10H2,1-2H3,(H,26,30). The topological polar surface area (TPSA) is 73.2 Å². The summed E-state index contributed by atoms with van der Waals surface area (Å²) >= 11 is 0. The molecule has 1 amide bonds. The SMILES string of the molecule is CC(=O)Oc1c(-c2ccc(NC(=O)C3CC3)cc2)c(C2CC2)nn1-c1ccccc1C. The molecule has 2 fully saturated rings. The molecule has 6 nitrogen and oxygen atoms in total. The molecule has 0 atom stereocenters. The maximum absolute atomic E-state index is 12.1. The van der Waals surface area contributed by atoms with Crippen LogP contribution in [0, 0.1) is 12.8 Å². The number of hydrogen-bond acceptors (Lipinski definition) is 4. The number of hydrogen-bond donors (Lipinski definition) is 1. The molecular formula is C25H25N3O3. The van der Waals surface area contributed by atoms with E-state index >= 15 is 0 Å². The van der Waals surface area contributed by atoms with Crippen molar-refractivity contribution in [1.29, 1.82) is 0 Å². The number of carbonyl (C=O) groups excluding carboxylic acids is 2. The van der Waals surface area contributed by atoms with Crippen LogP contribution < -0.4 is 10.1 Å². The number of aromatic nitrogens is 2. The Kier molecular flexibility index (Phi) is 4.85. The van der Waals surface area contributed by atoms with Gasteiger partial charge in [-0.2, -0.15) is 9.78 Å². The van der Waals surface area contributed by atoms with Crippen LogP contribution in [0.2, 0.25) is 0 Å². The van der Waals surface area contributed by atoms with E-state index in [-0.39, 0.29) is 17.8 Å². The van der Waals surface area contributed by atoms with Gasteiger partial charge in [0.15, 0.2) is 0 Å². The molecule has 0 bridgehead atoms. The van der Waals surface area contributed by atoms with E-state index in [1.54, 1.807) is 4.68 Å². The lowest BCUT2D eigenvalue weighted by Crippen LogP contribution is -2.13. The van der Waals surface area contributed by atoms with Crippen molar-refractivity contribution in [2.75, 3.05) is 5.32 Å². The van der Waals surface area contributed by atoms with E-state index in [0.717, 1.165) is 59.4 Å². The van der Waals surface area contributed by atoms with Crippen molar-refractivity contribution in [3.63, 3.8) is 0 Å². The molecule has 3 aromatic rings. The minimum atomic E-state index is -0.383. The number of nitrogens with zero attached hydrogens (tertiary/aromatic N) is 2. The maximum atomic E-state index is 12.1. The maximum Gasteiger partial charge on any atom is 0.309 e. The fourth-order valence-corrected chi connectivity index (χ4v) is 3.84. The van der Waals surface area contributed by atoms with Crippen LogP contribution in [0.25, 0.3) is 16.8 Å². The molecule has 0 unspecified atom stereocenters. The average molecular weight is 415 g/mol. The Morgan fingerprint density at radius 2 is 1.74 bits per heavy atom. The third-order valence-electron chi connectivity index (χ3n) is 5.81. The number of esters is 1. The molecular weight excluding hydrogens is 390 g/mol. The zero-order valence-electron chi connectivity index (χ0n) is 17.7. The van der Waals surface area contributed by atoms with Crippen molar-refractivity contribution < 1.29 is 14.3 Å². The summed E-state index contributed by atoms with van der Waals surface area (Å²) < 4.78 is 7.48. The monoisotopic (exact) mass is 415 g/mol. The van der Waals surface area contributed by atoms with E-state index in [4.69, 9.17) is 9.84 Å². The second-order valence-corrected chi connectivity index (χ2v) is 8.47. The molecule has 1 N–H and O–H groups in total. The zero-order valence-corrected chi connectivity index (χ0v) is 17.7. The molecule has 5 rings (SSSR count). The first-order chi connectivity index (χ1) is 15.0. The molecule has 2 aromatic carbocycles. The molecule has 2 aliphatic carbocycles. The lowest BCUT2D eigenvalue weighted by atomic mass is 10.0. The van der Waals surface area contributed by atoms with Crippen LogP contribution >= 0.6 is 0 Å². The second-order valence-electron chi connectivity index (χ2n) is 8.47. The van der Waals surface area contributed by atoms with Gasteiger partial charge in [0.1, 0.15) is 0 Å². The summed E-state index contributed by atoms with van der Waals surface area (Å²) in [5, 5.41) is 7.88. The van der Waals surface area contributed by atoms with Crippen LogP contribution in [0.5, 0.6) is 5.88 Å². The van der Waals surface area contributed by atoms with Crippen molar-refractivity contribution in [3.8, 4) is 22.7 Å². The Labute approximate surface area is 181 Å². The molecule has 1 heterocycles. The number of aryl methyl sites for hydroxylation is 1. The Hall–Kier alpha value is -3.41. The normalized spacial score (nSPS) is 15.5. The van der Waals surface area contributed by atoms with Crippen molar-refractivity contribution in [1.82, 2.24) is 9.78 Å². The molecule has 158 valence electrons. The number of rotatable bonds is 6. The minimum absolute atomic E-state index is 0.0828. The highest BCUT2D eigenvalue weighted by molar-refractivity contribution is 5.94. The highest BCUT2D eigenvalue weighted by Crippen LogP contribution is 2.48. The van der Waals surface area contributed by atoms with Crippen molar-refractivity contribution >= 4 is 17.6 Å². The summed E-state index contributed by atoms with van der Waals surface area (Å²) in [4.78, 5) is 24.1. The van der Waals surface area contributed by atoms with Gasteiger partial charge < -0.3 is 10.1 Å². The first-order valence-corrected chi connectivity index (χ1v) is 10.8. The van der Waals surface area contributed by atoms with Gasteiger partial charge in [-0.15, -0.1) is 0 Å². The molecule has 0 spiro atoms. The quantitative estimate of drug-likeness (QED) is 0.575. The predicted octanol–water partition coefficient (Wildman–Crippen LogP) is 5.00. The Bertz CT molecular complexity index is 1160. The van der Waals surface area contributed by atoms with Gasteiger partial charge in [-0.3, -0.25) is 9.59 Å². The van der Waals surface area contributed by atoms with Gasteiger partial charge in [0.25, 0.3) is 0 Å². The van der Waals surface area contributed by atoms with Crippen molar-refractivity contribution in [2.24, 2.45) is 5.92 Å². The van der Waals surface area contributed by atoms with Crippen molar-refractivity contribution in [2.45, 2.75) is 45.4 Å². The van der Waals surface area contributed by atoms with Crippen LogP contribution in [0.3, 0.4) is 0 Å². The molecule has 0 radical (unpaired) electrons. The Balaban J connectivity index is 1.59. The third-order valence-corrected chi connectivity index (χ3v) is 5.81. The van der Waals surface area contributed by atoms with E-state index in [1.807, 2.05) is 55.5 Å². The highest BCUT2D eigenvalue weighted by Gasteiger charge is 2.34. The number of anilines is 1. The van der Waals surface area contributed by atoms with Gasteiger partial charge in [-0.05, 0) is 61.9 Å². The summed E-state index contributed by atoms with van der Waals surface area (Å²) in [7, 11) is 0. The number of para-hydroxylation sites is 1. The van der Waals surface area contributed by atoms with Crippen LogP contribution in [0.15, 0.2) is 48.5 Å². The number of amides is 1. The molecule has 2 saturated carbocycles. The van der Waals surface area contributed by atoms with Gasteiger partial charge in [-0.25, -0.2) is 0 Å². The average Bonchev–Trinajstić information content (AvgIpc) is 3.66. The summed E-state index contributed by atoms with van der Waals surface area (Å²) in [6, 6.07) is 15.6. The van der Waals surface area contributed by atoms with Crippen LogP contribution in [-0.4, -0.2) is 21.7 Å². The smallest absolute Gasteiger partial charge is 0.309 e. The van der Waals surface area contributed by atoms with E-state index in [1.165, 1.54) is 6.92 Å². The molecule has 1 aromatic heterocycles. The number of carbonyl (C=O) groups is 2. The Morgan fingerprint density at radius 3 is 2.35 bits per heavy atom. The van der Waals surface area contributed by atoms with Crippen molar-refractivity contribution in [3.05, 3.63) is 59.8 Å². The molecule has 2 aliphatic rings. The second kappa shape index (κ2) is 7.69. The summed E-state index contributed by atoms with van der Waals surface area (Å²) in [6.07, 6.45) is 4.09. The van der Waals surface area contributed by atoms with Crippen LogP contribution in [-0.2, 0) is 9.59 Å². The highest BCUT2D eigenvalue weighted by atomic mass is 16.5. The summed E-state index contributed by atoms with van der Waals surface area (Å²) in [5.41, 5.74) is 5.43. The first-order valence-electron chi connectivity index (χ1n) is 10.8. The molecule has 6 heteroatoms. The predicted molar refractivity (Wildman–Crippen MR) is 118 cm³/mol. The van der Waals surface area contributed by atoms with Crippen LogP contribution in [0.1, 0.15) is 49.8 Å². The van der Waals surface area contributed by atoms with E-state index < -0.39 is 0 Å². The molecule has 0 aliphatic heterocycles. The minimum Gasteiger partial charge on any atom is -0.407 e. The fraction of sp³-hybridized carbons (Fsp3) is 0.320. The lowest BCUT2D eigenvalue weighted by Gasteiger charge is -2.11. The number of ether oxygens (including phenoxy) is 1. The van der Waals surface area contributed by atoms with E-state index in [0.29, 0.717) is 11.8 Å². The van der Waals surface area contributed by atoms with E-state index in [9.17, 15) is 9.59 Å². The first kappa shape index (κ1) is 19.5. The third kappa shape index (κ3) is 3.98. The van der Waals surface area contributed by atoms with Gasteiger partial charge in [0.2, 0.25) is 11.8 Å². The van der Waals surface area contributed by atoms with Gasteiger partial charge >= 0.3 is 5.97 Å². The van der Waals surface area contributed by atoms with Crippen LogP contribution in [0.4, 0.5) is 5.69 Å². The number of nitrogens with one attached hydrogen (secondary N) is 1. The zero-order chi connectivity index (χ0) is 21.5. The fourth-order valence-electron chi connectivity index (χ4n) is 3.84. The summed E-state index contributed by atoms with van der Waals surface area (Å²) in [5.74, 6) is 0.664. The number of benzene rings is 2. The van der Waals surface area contributed by atoms with Gasteiger partial charge in [0.05, 0.1) is 16.9 Å². The summed E-state index contributed by atoms with van der Waals surface area (Å²) in [6.45, 7) is 3.43. The lowest BCUT2D eigenvalue weighted by molar-refractivity contribution is -0.132. The van der Waals surface area contributed by atoms with E-state index in [2.05, 4.69) is 5.32 Å². The van der Waals surface area contributed by atoms with Gasteiger partial charge in [-0.1, -0.05) is 30.3 Å². The molecule has 0 saturated heterocycles. The van der Waals surface area contributed by atoms with Gasteiger partial charge in [0, 0.05) is 24.4 Å².